The third-order valence-corrected chi connectivity index (χ3v) is 5.73. The summed E-state index contributed by atoms with van der Waals surface area (Å²) < 4.78 is 19.8. The van der Waals surface area contributed by atoms with E-state index < -0.39 is 5.95 Å². The maximum Gasteiger partial charge on any atom is 0.225 e. The summed E-state index contributed by atoms with van der Waals surface area (Å²) in [5.74, 6) is 0.652. The van der Waals surface area contributed by atoms with Gasteiger partial charge in [0.25, 0.3) is 0 Å². The number of nitrogens with zero attached hydrogens (tertiary/aromatic N) is 2. The van der Waals surface area contributed by atoms with Crippen LogP contribution in [0.15, 0.2) is 60.3 Å². The van der Waals surface area contributed by atoms with Gasteiger partial charge in [0, 0.05) is 18.7 Å². The Hall–Kier alpha value is -3.54. The first-order valence-electron chi connectivity index (χ1n) is 10.8. The van der Waals surface area contributed by atoms with E-state index in [2.05, 4.69) is 22.1 Å². The number of anilines is 1. The van der Waals surface area contributed by atoms with Gasteiger partial charge in [-0.25, -0.2) is 9.97 Å². The minimum atomic E-state index is -0.783. The zero-order valence-electron chi connectivity index (χ0n) is 18.1. The molecule has 2 heterocycles. The summed E-state index contributed by atoms with van der Waals surface area (Å²) >= 11 is 0. The smallest absolute Gasteiger partial charge is 0.225 e. The van der Waals surface area contributed by atoms with Crippen molar-refractivity contribution in [1.82, 2.24) is 9.97 Å². The molecule has 2 N–H and O–H groups in total. The normalized spacial score (nSPS) is 15.9. The molecule has 6 heteroatoms. The van der Waals surface area contributed by atoms with Crippen LogP contribution in [0.4, 0.5) is 10.2 Å². The van der Waals surface area contributed by atoms with Crippen molar-refractivity contribution in [1.29, 1.82) is 0 Å². The standard InChI is InChI=1S/C26H26FN3O2/c1-17-5-12-25(29-16-17)32-21-4-2-3-20(14-21)13-18-6-8-19(9-7-18)15-23(31)22-10-11-24(28)30-26(22)27/h2-5,10-14,16,19H,6-9,15H2,1H3,(H2,28,30). The number of nitrogens with two attached hydrogens (primary N) is 1. The highest BCUT2D eigenvalue weighted by Gasteiger charge is 2.22. The summed E-state index contributed by atoms with van der Waals surface area (Å²) in [6.07, 6.45) is 7.97. The number of hydrogen-bond acceptors (Lipinski definition) is 5. The first-order chi connectivity index (χ1) is 15.5. The maximum atomic E-state index is 13.9. The van der Waals surface area contributed by atoms with Crippen LogP contribution in [0, 0.1) is 18.8 Å². The molecule has 0 spiro atoms. The summed E-state index contributed by atoms with van der Waals surface area (Å²) in [5.41, 5.74) is 9.00. The van der Waals surface area contributed by atoms with Gasteiger partial charge in [-0.15, -0.1) is 0 Å². The number of rotatable bonds is 6. The average Bonchev–Trinajstić information content (AvgIpc) is 2.77. The molecule has 0 aliphatic heterocycles. The van der Waals surface area contributed by atoms with Gasteiger partial charge in [-0.1, -0.05) is 29.8 Å². The van der Waals surface area contributed by atoms with E-state index in [9.17, 15) is 9.18 Å². The molecule has 1 aliphatic rings. The predicted molar refractivity (Wildman–Crippen MR) is 123 cm³/mol. The monoisotopic (exact) mass is 431 g/mol. The number of halogens is 1. The van der Waals surface area contributed by atoms with Crippen molar-refractivity contribution >= 4 is 17.7 Å². The van der Waals surface area contributed by atoms with E-state index >= 15 is 0 Å². The SMILES string of the molecule is Cc1ccc(Oc2cccc(C=C3CCC(CC(=O)c4ccc(N)nc4F)CC3)c2)nc1. The van der Waals surface area contributed by atoms with E-state index in [1.807, 2.05) is 37.3 Å². The quantitative estimate of drug-likeness (QED) is 0.374. The third kappa shape index (κ3) is 5.58. The van der Waals surface area contributed by atoms with Crippen LogP contribution in [0.5, 0.6) is 11.6 Å². The molecule has 1 aromatic carbocycles. The van der Waals surface area contributed by atoms with Crippen LogP contribution in [0.2, 0.25) is 0 Å². The minimum Gasteiger partial charge on any atom is -0.439 e. The number of aryl methyl sites for hydroxylation is 1. The fourth-order valence-corrected chi connectivity index (χ4v) is 3.96. The van der Waals surface area contributed by atoms with Gasteiger partial charge < -0.3 is 10.5 Å². The Morgan fingerprint density at radius 1 is 1.19 bits per heavy atom. The van der Waals surface area contributed by atoms with Gasteiger partial charge in [0.2, 0.25) is 11.8 Å². The Morgan fingerprint density at radius 2 is 2.00 bits per heavy atom. The molecule has 0 radical (unpaired) electrons. The zero-order valence-corrected chi connectivity index (χ0v) is 18.1. The highest BCUT2D eigenvalue weighted by molar-refractivity contribution is 5.96. The average molecular weight is 432 g/mol. The summed E-state index contributed by atoms with van der Waals surface area (Å²) in [4.78, 5) is 20.3. The number of aromatic nitrogens is 2. The Bertz CT molecular complexity index is 1130. The number of hydrogen-bond donors (Lipinski definition) is 1. The number of Topliss-reactive ketones (excluding diaryl/α,β-unsaturated/α-hetero) is 1. The number of carbonyl (C=O) groups is 1. The highest BCUT2D eigenvalue weighted by atomic mass is 19.1. The fourth-order valence-electron chi connectivity index (χ4n) is 3.96. The number of ketones is 1. The molecule has 5 nitrogen and oxygen atoms in total. The lowest BCUT2D eigenvalue weighted by Crippen LogP contribution is -2.15. The van der Waals surface area contributed by atoms with Crippen molar-refractivity contribution in [3.05, 3.63) is 82.9 Å². The molecule has 0 unspecified atom stereocenters. The summed E-state index contributed by atoms with van der Waals surface area (Å²) in [5, 5.41) is 0. The van der Waals surface area contributed by atoms with Gasteiger partial charge in [-0.3, -0.25) is 4.79 Å². The molecule has 164 valence electrons. The molecule has 3 aromatic rings. The number of benzene rings is 1. The van der Waals surface area contributed by atoms with E-state index in [-0.39, 0.29) is 23.1 Å². The Labute approximate surface area is 187 Å². The van der Waals surface area contributed by atoms with Gasteiger partial charge in [0.15, 0.2) is 5.78 Å². The van der Waals surface area contributed by atoms with E-state index in [4.69, 9.17) is 10.5 Å². The van der Waals surface area contributed by atoms with Crippen molar-refractivity contribution in [2.24, 2.45) is 5.92 Å². The molecule has 1 aliphatic carbocycles. The highest BCUT2D eigenvalue weighted by Crippen LogP contribution is 2.33. The van der Waals surface area contributed by atoms with Crippen LogP contribution in [0.1, 0.15) is 53.6 Å². The second-order valence-electron chi connectivity index (χ2n) is 8.30. The Kier molecular flexibility index (Phi) is 6.59. The van der Waals surface area contributed by atoms with Crippen LogP contribution in [0.25, 0.3) is 6.08 Å². The minimum absolute atomic E-state index is 0.0282. The third-order valence-electron chi connectivity index (χ3n) is 5.73. The molecule has 1 saturated carbocycles. The first-order valence-corrected chi connectivity index (χ1v) is 10.8. The van der Waals surface area contributed by atoms with Gasteiger partial charge in [0.1, 0.15) is 11.6 Å². The lowest BCUT2D eigenvalue weighted by molar-refractivity contribution is 0.0949. The van der Waals surface area contributed by atoms with Crippen LogP contribution in [0.3, 0.4) is 0 Å². The van der Waals surface area contributed by atoms with Crippen LogP contribution < -0.4 is 10.5 Å². The van der Waals surface area contributed by atoms with E-state index in [1.54, 1.807) is 6.20 Å². The van der Waals surface area contributed by atoms with Crippen molar-refractivity contribution in [3.63, 3.8) is 0 Å². The number of allylic oxidation sites excluding steroid dienone is 1. The lowest BCUT2D eigenvalue weighted by atomic mass is 9.82. The summed E-state index contributed by atoms with van der Waals surface area (Å²) in [6.45, 7) is 1.99. The van der Waals surface area contributed by atoms with Crippen LogP contribution in [-0.2, 0) is 0 Å². The van der Waals surface area contributed by atoms with Crippen molar-refractivity contribution in [2.45, 2.75) is 39.0 Å². The maximum absolute atomic E-state index is 13.9. The van der Waals surface area contributed by atoms with E-state index in [1.165, 1.54) is 17.7 Å². The van der Waals surface area contributed by atoms with Crippen molar-refractivity contribution in [2.75, 3.05) is 5.73 Å². The predicted octanol–water partition coefficient (Wildman–Crippen LogP) is 6.15. The summed E-state index contributed by atoms with van der Waals surface area (Å²) in [6, 6.07) is 14.6. The van der Waals surface area contributed by atoms with Crippen LogP contribution in [-0.4, -0.2) is 15.8 Å². The van der Waals surface area contributed by atoms with Gasteiger partial charge in [-0.05, 0) is 73.9 Å². The number of ether oxygens (including phenoxy) is 1. The fraction of sp³-hybridized carbons (Fsp3) is 0.269. The first kappa shape index (κ1) is 21.7. The number of pyridine rings is 2. The number of nitrogen functional groups attached to an aromatic ring is 1. The summed E-state index contributed by atoms with van der Waals surface area (Å²) in [7, 11) is 0. The molecule has 32 heavy (non-hydrogen) atoms. The van der Waals surface area contributed by atoms with Crippen LogP contribution >= 0.6 is 0 Å². The number of carbonyl (C=O) groups excluding carboxylic acids is 1. The Balaban J connectivity index is 1.34. The molecular weight excluding hydrogens is 405 g/mol. The second-order valence-corrected chi connectivity index (χ2v) is 8.30. The van der Waals surface area contributed by atoms with Gasteiger partial charge >= 0.3 is 0 Å². The molecule has 4 rings (SSSR count). The van der Waals surface area contributed by atoms with Crippen molar-refractivity contribution < 1.29 is 13.9 Å². The van der Waals surface area contributed by atoms with E-state index in [0.717, 1.165) is 42.6 Å². The molecular formula is C26H26FN3O2. The second kappa shape index (κ2) is 9.73. The molecule has 0 bridgehead atoms. The van der Waals surface area contributed by atoms with Crippen molar-refractivity contribution in [3.8, 4) is 11.6 Å². The molecule has 0 saturated heterocycles. The topological polar surface area (TPSA) is 78.1 Å². The molecule has 2 aromatic heterocycles. The Morgan fingerprint density at radius 3 is 2.72 bits per heavy atom. The zero-order chi connectivity index (χ0) is 22.5. The van der Waals surface area contributed by atoms with Gasteiger partial charge in [0.05, 0.1) is 5.56 Å². The largest absolute Gasteiger partial charge is 0.439 e. The molecule has 0 atom stereocenters. The molecule has 0 amide bonds. The molecule has 1 fully saturated rings. The lowest BCUT2D eigenvalue weighted by Gasteiger charge is -2.23. The van der Waals surface area contributed by atoms with E-state index in [0.29, 0.717) is 12.3 Å². The van der Waals surface area contributed by atoms with Gasteiger partial charge in [-0.2, -0.15) is 4.39 Å².